The highest BCUT2D eigenvalue weighted by atomic mass is 16.5. The van der Waals surface area contributed by atoms with Crippen LogP contribution in [-0.4, -0.2) is 42.9 Å². The van der Waals surface area contributed by atoms with Crippen molar-refractivity contribution in [1.82, 2.24) is 4.90 Å². The number of hydrogen-bond donors (Lipinski definition) is 0. The van der Waals surface area contributed by atoms with E-state index >= 15 is 0 Å². The van der Waals surface area contributed by atoms with Gasteiger partial charge in [-0.05, 0) is 26.0 Å². The van der Waals surface area contributed by atoms with Crippen molar-refractivity contribution in [2.24, 2.45) is 11.3 Å². The molecule has 0 aromatic heterocycles. The normalized spacial score (nSPS) is 25.0. The molecule has 0 radical (unpaired) electrons. The molecule has 1 aromatic carbocycles. The van der Waals surface area contributed by atoms with Gasteiger partial charge in [-0.15, -0.1) is 0 Å². The van der Waals surface area contributed by atoms with Crippen LogP contribution in [0.5, 0.6) is 0 Å². The first-order valence-electron chi connectivity index (χ1n) is 7.83. The molecule has 0 spiro atoms. The summed E-state index contributed by atoms with van der Waals surface area (Å²) in [7, 11) is 1.98. The number of carbonyl (C=O) groups is 2. The molecule has 1 aliphatic heterocycles. The molecule has 0 amide bonds. The molecule has 22 heavy (non-hydrogen) atoms. The zero-order valence-corrected chi connectivity index (χ0v) is 13.8. The summed E-state index contributed by atoms with van der Waals surface area (Å²) in [5.74, 6) is -1.08. The molecule has 0 saturated carbocycles. The van der Waals surface area contributed by atoms with Crippen LogP contribution in [0.15, 0.2) is 30.3 Å². The minimum atomic E-state index is -0.674. The van der Waals surface area contributed by atoms with E-state index in [1.54, 1.807) is 6.92 Å². The topological polar surface area (TPSA) is 46.6 Å². The molecule has 0 N–H and O–H groups in total. The molecular weight excluding hydrogens is 278 g/mol. The van der Waals surface area contributed by atoms with Crippen LogP contribution in [0.4, 0.5) is 0 Å². The molecule has 2 unspecified atom stereocenters. The third-order valence-electron chi connectivity index (χ3n) is 4.63. The average molecular weight is 303 g/mol. The fourth-order valence-corrected chi connectivity index (χ4v) is 3.34. The molecule has 0 aliphatic carbocycles. The Kier molecular flexibility index (Phi) is 5.01. The molecule has 1 aromatic rings. The Balaban J connectivity index is 2.21. The largest absolute Gasteiger partial charge is 0.465 e. The van der Waals surface area contributed by atoms with Gasteiger partial charge in [0.05, 0.1) is 6.61 Å². The lowest BCUT2D eigenvalue weighted by atomic mass is 9.69. The van der Waals surface area contributed by atoms with E-state index in [0.717, 1.165) is 6.42 Å². The van der Waals surface area contributed by atoms with Crippen LogP contribution in [-0.2, 0) is 20.7 Å². The fraction of sp³-hybridized carbons (Fsp3) is 0.556. The van der Waals surface area contributed by atoms with Crippen molar-refractivity contribution >= 4 is 11.8 Å². The molecular formula is C18H25NO3. The minimum Gasteiger partial charge on any atom is -0.465 e. The van der Waals surface area contributed by atoms with Crippen LogP contribution in [0, 0.1) is 11.3 Å². The van der Waals surface area contributed by atoms with Crippen molar-refractivity contribution in [3.63, 3.8) is 0 Å². The molecule has 2 atom stereocenters. The Labute approximate surface area is 132 Å². The highest BCUT2D eigenvalue weighted by Crippen LogP contribution is 2.36. The molecule has 120 valence electrons. The maximum atomic E-state index is 12.8. The van der Waals surface area contributed by atoms with Crippen LogP contribution in [0.3, 0.4) is 0 Å². The van der Waals surface area contributed by atoms with Crippen molar-refractivity contribution < 1.29 is 14.3 Å². The van der Waals surface area contributed by atoms with Gasteiger partial charge in [-0.1, -0.05) is 44.2 Å². The highest BCUT2D eigenvalue weighted by Gasteiger charge is 2.49. The molecule has 1 saturated heterocycles. The third-order valence-corrected chi connectivity index (χ3v) is 4.63. The maximum Gasteiger partial charge on any atom is 0.317 e. The molecule has 1 heterocycles. The monoisotopic (exact) mass is 303 g/mol. The second-order valence-corrected chi connectivity index (χ2v) is 6.54. The van der Waals surface area contributed by atoms with Crippen molar-refractivity contribution in [2.45, 2.75) is 33.2 Å². The summed E-state index contributed by atoms with van der Waals surface area (Å²) in [6.07, 6.45) is 0.797. The smallest absolute Gasteiger partial charge is 0.317 e. The second-order valence-electron chi connectivity index (χ2n) is 6.54. The number of nitrogens with zero attached hydrogens (tertiary/aromatic N) is 1. The molecule has 4 heteroatoms. The van der Waals surface area contributed by atoms with E-state index < -0.39 is 17.3 Å². The summed E-state index contributed by atoms with van der Waals surface area (Å²) in [6.45, 7) is 6.37. The van der Waals surface area contributed by atoms with Gasteiger partial charge in [0.15, 0.2) is 5.78 Å². The highest BCUT2D eigenvalue weighted by molar-refractivity contribution is 6.03. The number of carbonyl (C=O) groups excluding carboxylic acids is 2. The Morgan fingerprint density at radius 2 is 1.95 bits per heavy atom. The van der Waals surface area contributed by atoms with Crippen LogP contribution in [0.25, 0.3) is 0 Å². The van der Waals surface area contributed by atoms with Gasteiger partial charge < -0.3 is 9.64 Å². The van der Waals surface area contributed by atoms with Gasteiger partial charge in [0, 0.05) is 18.0 Å². The summed E-state index contributed by atoms with van der Waals surface area (Å²) >= 11 is 0. The maximum absolute atomic E-state index is 12.8. The minimum absolute atomic E-state index is 0.00928. The van der Waals surface area contributed by atoms with Gasteiger partial charge >= 0.3 is 5.97 Å². The van der Waals surface area contributed by atoms with Crippen LogP contribution >= 0.6 is 0 Å². The number of piperidine rings is 1. The van der Waals surface area contributed by atoms with E-state index in [0.29, 0.717) is 13.2 Å². The van der Waals surface area contributed by atoms with Crippen molar-refractivity contribution in [1.29, 1.82) is 0 Å². The van der Waals surface area contributed by atoms with Crippen molar-refractivity contribution in [2.75, 3.05) is 20.2 Å². The molecule has 2 rings (SSSR count). The lowest BCUT2D eigenvalue weighted by Gasteiger charge is -2.46. The van der Waals surface area contributed by atoms with Gasteiger partial charge in [-0.3, -0.25) is 9.59 Å². The van der Waals surface area contributed by atoms with E-state index in [2.05, 4.69) is 17.0 Å². The summed E-state index contributed by atoms with van der Waals surface area (Å²) in [5, 5.41) is 0. The Hall–Kier alpha value is -1.68. The molecule has 0 bridgehead atoms. The van der Waals surface area contributed by atoms with Crippen molar-refractivity contribution in [3.8, 4) is 0 Å². The Bertz CT molecular complexity index is 539. The van der Waals surface area contributed by atoms with E-state index in [9.17, 15) is 9.59 Å². The van der Waals surface area contributed by atoms with Crippen LogP contribution in [0.1, 0.15) is 26.3 Å². The summed E-state index contributed by atoms with van der Waals surface area (Å²) in [4.78, 5) is 26.9. The number of benzene rings is 1. The number of esters is 1. The van der Waals surface area contributed by atoms with E-state index in [1.165, 1.54) is 5.56 Å². The van der Waals surface area contributed by atoms with E-state index in [4.69, 9.17) is 4.74 Å². The summed E-state index contributed by atoms with van der Waals surface area (Å²) in [6, 6.07) is 10.2. The SMILES string of the molecule is CCOC(=O)C1CN(C)C(Cc2ccccc2)C(C)(C)C1=O. The Morgan fingerprint density at radius 3 is 2.55 bits per heavy atom. The number of rotatable bonds is 4. The number of likely N-dealkylation sites (N-methyl/N-ethyl adjacent to an activating group) is 1. The average Bonchev–Trinajstić information content (AvgIpc) is 2.49. The quantitative estimate of drug-likeness (QED) is 0.632. The molecule has 4 nitrogen and oxygen atoms in total. The van der Waals surface area contributed by atoms with Crippen molar-refractivity contribution in [3.05, 3.63) is 35.9 Å². The zero-order chi connectivity index (χ0) is 16.3. The lowest BCUT2D eigenvalue weighted by Crippen LogP contribution is -2.59. The molecule has 1 fully saturated rings. The Morgan fingerprint density at radius 1 is 1.32 bits per heavy atom. The lowest BCUT2D eigenvalue weighted by molar-refractivity contribution is -0.160. The van der Waals surface area contributed by atoms with Gasteiger partial charge in [-0.2, -0.15) is 0 Å². The van der Waals surface area contributed by atoms with Crippen LogP contribution < -0.4 is 0 Å². The zero-order valence-electron chi connectivity index (χ0n) is 13.8. The number of ketones is 1. The summed E-state index contributed by atoms with van der Waals surface area (Å²) < 4.78 is 5.06. The number of hydrogen-bond acceptors (Lipinski definition) is 4. The van der Waals surface area contributed by atoms with E-state index in [-0.39, 0.29) is 11.8 Å². The number of Topliss-reactive ketones (excluding diaryl/α,β-unsaturated/α-hetero) is 1. The molecule has 1 aliphatic rings. The van der Waals surface area contributed by atoms with Gasteiger partial charge in [0.2, 0.25) is 0 Å². The number of likely N-dealkylation sites (tertiary alicyclic amines) is 1. The first-order chi connectivity index (χ1) is 10.4. The van der Waals surface area contributed by atoms with E-state index in [1.807, 2.05) is 39.1 Å². The predicted molar refractivity (Wildman–Crippen MR) is 85.5 cm³/mol. The second kappa shape index (κ2) is 6.61. The van der Waals surface area contributed by atoms with Gasteiger partial charge in [-0.25, -0.2) is 0 Å². The van der Waals surface area contributed by atoms with Crippen LogP contribution in [0.2, 0.25) is 0 Å². The summed E-state index contributed by atoms with van der Waals surface area (Å²) in [5.41, 5.74) is 0.620. The van der Waals surface area contributed by atoms with Gasteiger partial charge in [0.25, 0.3) is 0 Å². The first kappa shape index (κ1) is 16.7. The van der Waals surface area contributed by atoms with Gasteiger partial charge in [0.1, 0.15) is 5.92 Å². The first-order valence-corrected chi connectivity index (χ1v) is 7.83. The number of ether oxygens (including phenoxy) is 1. The standard InChI is InChI=1S/C18H25NO3/c1-5-22-17(21)14-12-19(4)15(18(2,3)16(14)20)11-13-9-7-6-8-10-13/h6-10,14-15H,5,11-12H2,1-4H3. The fourth-order valence-electron chi connectivity index (χ4n) is 3.34. The predicted octanol–water partition coefficient (Wildman–Crippen LogP) is 2.32. The third kappa shape index (κ3) is 3.22.